The molecule has 2 aromatic carbocycles. The predicted octanol–water partition coefficient (Wildman–Crippen LogP) is 0.301. The molecule has 0 aliphatic rings. The summed E-state index contributed by atoms with van der Waals surface area (Å²) in [5.41, 5.74) is 5.48. The SMILES string of the molecule is NNOC(=O)Cc1ccccc1.NNOC(=O)Cc1ccccc1. The third-order valence-corrected chi connectivity index (χ3v) is 2.73. The van der Waals surface area contributed by atoms with E-state index in [4.69, 9.17) is 11.7 Å². The third-order valence-electron chi connectivity index (χ3n) is 2.73. The lowest BCUT2D eigenvalue weighted by atomic mass is 10.2. The van der Waals surface area contributed by atoms with Gasteiger partial charge in [0.25, 0.3) is 0 Å². The van der Waals surface area contributed by atoms with Crippen LogP contribution >= 0.6 is 0 Å². The van der Waals surface area contributed by atoms with Crippen LogP contribution in [0.2, 0.25) is 0 Å². The van der Waals surface area contributed by atoms with Gasteiger partial charge in [0.15, 0.2) is 0 Å². The first-order valence-corrected chi connectivity index (χ1v) is 7.04. The van der Waals surface area contributed by atoms with E-state index in [0.717, 1.165) is 11.1 Å². The lowest BCUT2D eigenvalue weighted by Gasteiger charge is -2.00. The van der Waals surface area contributed by atoms with Crippen molar-refractivity contribution in [1.82, 2.24) is 11.2 Å². The van der Waals surface area contributed by atoms with Gasteiger partial charge in [0.05, 0.1) is 12.8 Å². The molecule has 0 spiro atoms. The molecular formula is C16H20N4O4. The molecule has 0 fully saturated rings. The van der Waals surface area contributed by atoms with E-state index < -0.39 is 11.9 Å². The highest BCUT2D eigenvalue weighted by Crippen LogP contribution is 2.00. The van der Waals surface area contributed by atoms with Gasteiger partial charge in [0.1, 0.15) is 0 Å². The second-order valence-corrected chi connectivity index (χ2v) is 4.51. The van der Waals surface area contributed by atoms with E-state index >= 15 is 0 Å². The molecule has 128 valence electrons. The number of hydrazine groups is 2. The minimum absolute atomic E-state index is 0.227. The Morgan fingerprint density at radius 2 is 1.04 bits per heavy atom. The van der Waals surface area contributed by atoms with Crippen molar-refractivity contribution in [2.24, 2.45) is 11.7 Å². The number of rotatable bonds is 6. The number of nitrogens with two attached hydrogens (primary N) is 2. The van der Waals surface area contributed by atoms with Crippen LogP contribution in [0, 0.1) is 0 Å². The molecule has 0 aliphatic carbocycles. The van der Waals surface area contributed by atoms with Crippen LogP contribution in [0.1, 0.15) is 11.1 Å². The lowest BCUT2D eigenvalue weighted by molar-refractivity contribution is -0.151. The number of nitrogens with one attached hydrogen (secondary N) is 2. The average Bonchev–Trinajstić information content (AvgIpc) is 2.58. The molecule has 2 rings (SSSR count). The highest BCUT2D eigenvalue weighted by molar-refractivity contribution is 5.72. The van der Waals surface area contributed by atoms with Gasteiger partial charge in [-0.05, 0) is 11.1 Å². The molecule has 2 aromatic rings. The Hall–Kier alpha value is -2.78. The zero-order valence-corrected chi connectivity index (χ0v) is 13.0. The second kappa shape index (κ2) is 11.7. The summed E-state index contributed by atoms with van der Waals surface area (Å²) in [4.78, 5) is 30.4. The monoisotopic (exact) mass is 332 g/mol. The number of carbonyl (C=O) groups excluding carboxylic acids is 2. The third kappa shape index (κ3) is 8.61. The van der Waals surface area contributed by atoms with Gasteiger partial charge in [-0.25, -0.2) is 21.3 Å². The van der Waals surface area contributed by atoms with Crippen LogP contribution in [-0.2, 0) is 32.1 Å². The van der Waals surface area contributed by atoms with Gasteiger partial charge in [0, 0.05) is 0 Å². The van der Waals surface area contributed by atoms with E-state index in [0.29, 0.717) is 0 Å². The minimum atomic E-state index is -0.399. The zero-order chi connectivity index (χ0) is 17.6. The van der Waals surface area contributed by atoms with E-state index in [1.807, 2.05) is 71.8 Å². The van der Waals surface area contributed by atoms with Crippen molar-refractivity contribution in [2.75, 3.05) is 0 Å². The molecule has 0 saturated heterocycles. The van der Waals surface area contributed by atoms with E-state index in [2.05, 4.69) is 9.68 Å². The van der Waals surface area contributed by atoms with E-state index in [-0.39, 0.29) is 12.8 Å². The fraction of sp³-hybridized carbons (Fsp3) is 0.125. The van der Waals surface area contributed by atoms with Gasteiger partial charge in [-0.3, -0.25) is 0 Å². The maximum atomic E-state index is 10.8. The molecule has 8 heteroatoms. The first-order valence-electron chi connectivity index (χ1n) is 7.04. The molecule has 0 aliphatic heterocycles. The normalized spacial score (nSPS) is 9.42. The minimum Gasteiger partial charge on any atom is -0.356 e. The molecule has 0 atom stereocenters. The Balaban J connectivity index is 0.000000240. The van der Waals surface area contributed by atoms with Gasteiger partial charge in [-0.2, -0.15) is 0 Å². The van der Waals surface area contributed by atoms with E-state index in [9.17, 15) is 9.59 Å². The number of benzene rings is 2. The molecule has 0 aromatic heterocycles. The number of hydrogen-bond donors (Lipinski definition) is 4. The summed E-state index contributed by atoms with van der Waals surface area (Å²) in [5, 5.41) is 0. The molecule has 0 radical (unpaired) electrons. The number of carbonyl (C=O) groups is 2. The molecule has 0 heterocycles. The summed E-state index contributed by atoms with van der Waals surface area (Å²) < 4.78 is 0. The van der Waals surface area contributed by atoms with E-state index in [1.165, 1.54) is 0 Å². The predicted molar refractivity (Wildman–Crippen MR) is 87.1 cm³/mol. The maximum Gasteiger partial charge on any atom is 0.330 e. The van der Waals surface area contributed by atoms with Crippen molar-refractivity contribution < 1.29 is 19.3 Å². The summed E-state index contributed by atoms with van der Waals surface area (Å²) in [6.07, 6.45) is 0.454. The first-order chi connectivity index (χ1) is 11.7. The van der Waals surface area contributed by atoms with Crippen LogP contribution in [0.5, 0.6) is 0 Å². The second-order valence-electron chi connectivity index (χ2n) is 4.51. The van der Waals surface area contributed by atoms with Gasteiger partial charge in [-0.1, -0.05) is 71.8 Å². The van der Waals surface area contributed by atoms with Gasteiger partial charge in [0.2, 0.25) is 0 Å². The zero-order valence-electron chi connectivity index (χ0n) is 13.0. The van der Waals surface area contributed by atoms with Gasteiger partial charge in [-0.15, -0.1) is 0 Å². The van der Waals surface area contributed by atoms with Crippen LogP contribution in [-0.4, -0.2) is 11.9 Å². The van der Waals surface area contributed by atoms with Crippen molar-refractivity contribution in [1.29, 1.82) is 0 Å². The van der Waals surface area contributed by atoms with Crippen molar-refractivity contribution >= 4 is 11.9 Å². The largest absolute Gasteiger partial charge is 0.356 e. The Morgan fingerprint density at radius 3 is 1.33 bits per heavy atom. The van der Waals surface area contributed by atoms with Crippen molar-refractivity contribution in [3.63, 3.8) is 0 Å². The van der Waals surface area contributed by atoms with Crippen LogP contribution in [0.25, 0.3) is 0 Å². The summed E-state index contributed by atoms with van der Waals surface area (Å²) in [6, 6.07) is 18.6. The molecular weight excluding hydrogens is 312 g/mol. The summed E-state index contributed by atoms with van der Waals surface area (Å²) in [6.45, 7) is 0. The summed E-state index contributed by atoms with van der Waals surface area (Å²) in [7, 11) is 0. The lowest BCUT2D eigenvalue weighted by Crippen LogP contribution is -2.27. The summed E-state index contributed by atoms with van der Waals surface area (Å²) in [5.74, 6) is 8.78. The summed E-state index contributed by atoms with van der Waals surface area (Å²) >= 11 is 0. The fourth-order valence-electron chi connectivity index (χ4n) is 1.73. The van der Waals surface area contributed by atoms with Crippen molar-refractivity contribution in [3.05, 3.63) is 71.8 Å². The smallest absolute Gasteiger partial charge is 0.330 e. The highest BCUT2D eigenvalue weighted by atomic mass is 16.7. The number of hydrogen-bond acceptors (Lipinski definition) is 8. The van der Waals surface area contributed by atoms with Crippen molar-refractivity contribution in [3.8, 4) is 0 Å². The molecule has 0 amide bonds. The Morgan fingerprint density at radius 1 is 0.708 bits per heavy atom. The van der Waals surface area contributed by atoms with E-state index in [1.54, 1.807) is 0 Å². The molecule has 8 nitrogen and oxygen atoms in total. The maximum absolute atomic E-state index is 10.8. The van der Waals surface area contributed by atoms with Crippen LogP contribution in [0.4, 0.5) is 0 Å². The van der Waals surface area contributed by atoms with Crippen molar-refractivity contribution in [2.45, 2.75) is 12.8 Å². The van der Waals surface area contributed by atoms with Crippen LogP contribution in [0.15, 0.2) is 60.7 Å². The fourth-order valence-corrected chi connectivity index (χ4v) is 1.73. The van der Waals surface area contributed by atoms with Gasteiger partial charge < -0.3 is 9.68 Å². The molecule has 24 heavy (non-hydrogen) atoms. The Bertz CT molecular complexity index is 552. The van der Waals surface area contributed by atoms with Crippen LogP contribution in [0.3, 0.4) is 0 Å². The molecule has 0 unspecified atom stereocenters. The Kier molecular flexibility index (Phi) is 9.43. The molecule has 6 N–H and O–H groups in total. The molecule has 0 bridgehead atoms. The quantitative estimate of drug-likeness (QED) is 0.439. The first kappa shape index (κ1) is 19.3. The highest BCUT2D eigenvalue weighted by Gasteiger charge is 2.03. The van der Waals surface area contributed by atoms with Crippen LogP contribution < -0.4 is 22.9 Å². The van der Waals surface area contributed by atoms with Gasteiger partial charge >= 0.3 is 11.9 Å². The standard InChI is InChI=1S/2C8H10N2O2/c2*9-10-12-8(11)6-7-4-2-1-3-5-7/h2*1-5,10H,6,9H2. The Labute approximate surface area is 139 Å². The topological polar surface area (TPSA) is 129 Å². The average molecular weight is 332 g/mol. The molecule has 0 saturated carbocycles.